The molecule has 2 aromatic rings. The zero-order valence-electron chi connectivity index (χ0n) is 5.22. The van der Waals surface area contributed by atoms with E-state index in [1.807, 2.05) is 0 Å². The molecule has 0 saturated heterocycles. The number of fused-ring (bicyclic) bond motifs is 1. The molecule has 0 radical (unpaired) electrons. The van der Waals surface area contributed by atoms with Gasteiger partial charge in [0.25, 0.3) is 5.56 Å². The fourth-order valence-corrected chi connectivity index (χ4v) is 0.662. The Bertz CT molecular complexity index is 436. The van der Waals surface area contributed by atoms with Gasteiger partial charge >= 0.3 is 0 Å². The molecular formula is C4H2N6O. The second-order valence-corrected chi connectivity index (χ2v) is 1.82. The molecule has 7 nitrogen and oxygen atoms in total. The van der Waals surface area contributed by atoms with Gasteiger partial charge in [0.2, 0.25) is 5.65 Å². The van der Waals surface area contributed by atoms with E-state index in [2.05, 4.69) is 30.8 Å². The van der Waals surface area contributed by atoms with Crippen molar-refractivity contribution in [1.82, 2.24) is 30.8 Å². The van der Waals surface area contributed by atoms with E-state index in [0.717, 1.165) is 0 Å². The molecule has 0 aliphatic heterocycles. The van der Waals surface area contributed by atoms with Crippen LogP contribution in [-0.4, -0.2) is 30.8 Å². The lowest BCUT2D eigenvalue weighted by Gasteiger charge is -1.66. The lowest BCUT2D eigenvalue weighted by molar-refractivity contribution is 0.866. The van der Waals surface area contributed by atoms with E-state index in [0.29, 0.717) is 5.52 Å². The summed E-state index contributed by atoms with van der Waals surface area (Å²) in [5.74, 6) is 0. The van der Waals surface area contributed by atoms with Gasteiger partial charge in [0.15, 0.2) is 0 Å². The first-order valence-corrected chi connectivity index (χ1v) is 2.78. The van der Waals surface area contributed by atoms with Gasteiger partial charge in [0, 0.05) is 6.07 Å². The van der Waals surface area contributed by atoms with E-state index in [9.17, 15) is 4.79 Å². The normalized spacial score (nSPS) is 10.2. The van der Waals surface area contributed by atoms with Crippen LogP contribution in [0.3, 0.4) is 0 Å². The molecule has 0 aliphatic carbocycles. The molecule has 54 valence electrons. The van der Waals surface area contributed by atoms with Crippen molar-refractivity contribution in [2.75, 3.05) is 0 Å². The van der Waals surface area contributed by atoms with E-state index in [1.165, 1.54) is 6.07 Å². The summed E-state index contributed by atoms with van der Waals surface area (Å²) in [4.78, 5) is 10.7. The van der Waals surface area contributed by atoms with Gasteiger partial charge in [0.05, 0.1) is 0 Å². The van der Waals surface area contributed by atoms with E-state index < -0.39 is 5.56 Å². The van der Waals surface area contributed by atoms with Crippen LogP contribution in [0.2, 0.25) is 0 Å². The molecule has 0 saturated carbocycles. The minimum atomic E-state index is -0.474. The zero-order chi connectivity index (χ0) is 7.68. The number of H-pyrrole nitrogens is 1. The van der Waals surface area contributed by atoms with E-state index in [1.54, 1.807) is 0 Å². The van der Waals surface area contributed by atoms with Gasteiger partial charge in [-0.3, -0.25) is 9.89 Å². The number of nitrogens with zero attached hydrogens (tertiary/aromatic N) is 5. The lowest BCUT2D eigenvalue weighted by atomic mass is 10.5. The third kappa shape index (κ3) is 0.914. The molecule has 2 rings (SSSR count). The van der Waals surface area contributed by atoms with Crippen molar-refractivity contribution < 1.29 is 0 Å². The van der Waals surface area contributed by atoms with E-state index >= 15 is 0 Å². The monoisotopic (exact) mass is 150 g/mol. The summed E-state index contributed by atoms with van der Waals surface area (Å²) in [5.41, 5.74) is 0.234. The van der Waals surface area contributed by atoms with Crippen LogP contribution in [0.15, 0.2) is 10.9 Å². The van der Waals surface area contributed by atoms with Crippen LogP contribution in [0.5, 0.6) is 0 Å². The molecule has 0 unspecified atom stereocenters. The molecular weight excluding hydrogens is 148 g/mol. The molecule has 2 aromatic heterocycles. The average Bonchev–Trinajstić information content (AvgIpc) is 2.31. The van der Waals surface area contributed by atoms with Crippen molar-refractivity contribution >= 4 is 11.2 Å². The minimum Gasteiger partial charge on any atom is -0.266 e. The van der Waals surface area contributed by atoms with Crippen molar-refractivity contribution in [2.24, 2.45) is 0 Å². The predicted molar refractivity (Wildman–Crippen MR) is 33.5 cm³/mol. The van der Waals surface area contributed by atoms with Crippen LogP contribution in [0, 0.1) is 0 Å². The van der Waals surface area contributed by atoms with Crippen LogP contribution in [-0.2, 0) is 0 Å². The Morgan fingerprint density at radius 3 is 3.09 bits per heavy atom. The van der Waals surface area contributed by atoms with E-state index in [-0.39, 0.29) is 5.65 Å². The van der Waals surface area contributed by atoms with Crippen LogP contribution >= 0.6 is 0 Å². The maximum absolute atomic E-state index is 10.7. The van der Waals surface area contributed by atoms with Crippen molar-refractivity contribution in [3.8, 4) is 0 Å². The Balaban J connectivity index is 3.00. The smallest absolute Gasteiger partial charge is 0.266 e. The third-order valence-electron chi connectivity index (χ3n) is 1.11. The first kappa shape index (κ1) is 5.83. The Kier molecular flexibility index (Phi) is 1.08. The highest BCUT2D eigenvalue weighted by molar-refractivity contribution is 5.66. The second kappa shape index (κ2) is 2.04. The standard InChI is InChI=1S/C4H2N6O/c11-3-1-2-4(7-9-5-2)8-10-6-3/h1H,(H,5,6,7,8,11). The Hall–Kier alpha value is -1.92. The summed E-state index contributed by atoms with van der Waals surface area (Å²) in [7, 11) is 0. The molecule has 0 bridgehead atoms. The summed E-state index contributed by atoms with van der Waals surface area (Å²) in [6, 6.07) is 1.23. The molecule has 0 spiro atoms. The fourth-order valence-electron chi connectivity index (χ4n) is 0.662. The van der Waals surface area contributed by atoms with Gasteiger partial charge in [-0.2, -0.15) is 0 Å². The summed E-state index contributed by atoms with van der Waals surface area (Å²) in [6.45, 7) is 0. The number of hydrogen-bond acceptors (Lipinski definition) is 6. The van der Waals surface area contributed by atoms with Crippen LogP contribution in [0.25, 0.3) is 11.2 Å². The first-order chi connectivity index (χ1) is 5.36. The largest absolute Gasteiger partial charge is 0.292 e. The van der Waals surface area contributed by atoms with Gasteiger partial charge < -0.3 is 0 Å². The van der Waals surface area contributed by atoms with Crippen molar-refractivity contribution in [1.29, 1.82) is 0 Å². The molecule has 0 fully saturated rings. The van der Waals surface area contributed by atoms with Crippen LogP contribution in [0.4, 0.5) is 0 Å². The lowest BCUT2D eigenvalue weighted by Crippen LogP contribution is -2.00. The molecule has 0 amide bonds. The molecule has 0 atom stereocenters. The maximum Gasteiger partial charge on any atom is 0.292 e. The van der Waals surface area contributed by atoms with Crippen molar-refractivity contribution in [2.45, 2.75) is 0 Å². The van der Waals surface area contributed by atoms with E-state index in [4.69, 9.17) is 0 Å². The SMILES string of the molecule is O=c1cc2[nH]nnc2nnn1. The summed E-state index contributed by atoms with van der Waals surface area (Å²) in [6.07, 6.45) is 0. The highest BCUT2D eigenvalue weighted by atomic mass is 16.1. The Labute approximate surface area is 59.5 Å². The Morgan fingerprint density at radius 1 is 1.27 bits per heavy atom. The van der Waals surface area contributed by atoms with Gasteiger partial charge in [-0.1, -0.05) is 10.3 Å². The quantitative estimate of drug-likeness (QED) is 0.491. The molecule has 11 heavy (non-hydrogen) atoms. The Morgan fingerprint density at radius 2 is 2.18 bits per heavy atom. The highest BCUT2D eigenvalue weighted by Crippen LogP contribution is 1.93. The second-order valence-electron chi connectivity index (χ2n) is 1.82. The van der Waals surface area contributed by atoms with Gasteiger partial charge in [-0.05, 0) is 5.21 Å². The third-order valence-corrected chi connectivity index (χ3v) is 1.11. The maximum atomic E-state index is 10.7. The van der Waals surface area contributed by atoms with Gasteiger partial charge in [0.1, 0.15) is 5.52 Å². The highest BCUT2D eigenvalue weighted by Gasteiger charge is 1.96. The summed E-state index contributed by atoms with van der Waals surface area (Å²) >= 11 is 0. The fraction of sp³-hybridized carbons (Fsp3) is 0. The summed E-state index contributed by atoms with van der Waals surface area (Å²) in [5, 5.41) is 19.3. The molecule has 7 heteroatoms. The first-order valence-electron chi connectivity index (χ1n) is 2.78. The van der Waals surface area contributed by atoms with Gasteiger partial charge in [-0.15, -0.1) is 10.2 Å². The average molecular weight is 150 g/mol. The van der Waals surface area contributed by atoms with Gasteiger partial charge in [-0.25, -0.2) is 0 Å². The number of aromatic nitrogens is 6. The number of rotatable bonds is 0. The summed E-state index contributed by atoms with van der Waals surface area (Å²) < 4.78 is 0. The molecule has 0 aliphatic rings. The number of hydrogen-bond donors (Lipinski definition) is 1. The molecule has 0 aromatic carbocycles. The van der Waals surface area contributed by atoms with Crippen molar-refractivity contribution in [3.63, 3.8) is 0 Å². The molecule has 1 N–H and O–H groups in total. The number of nitrogens with one attached hydrogen (secondary N) is 1. The molecule has 2 heterocycles. The van der Waals surface area contributed by atoms with Crippen LogP contribution < -0.4 is 5.56 Å². The topological polar surface area (TPSA) is 97.3 Å². The minimum absolute atomic E-state index is 0.277. The predicted octanol–water partition coefficient (Wildman–Crippen LogP) is -1.50. The van der Waals surface area contributed by atoms with Crippen molar-refractivity contribution in [3.05, 3.63) is 16.4 Å². The number of aromatic amines is 1. The zero-order valence-corrected chi connectivity index (χ0v) is 5.22. The van der Waals surface area contributed by atoms with Crippen LogP contribution in [0.1, 0.15) is 0 Å².